The Hall–Kier alpha value is -1.36. The summed E-state index contributed by atoms with van der Waals surface area (Å²) in [7, 11) is 2.01. The molecule has 3 N–H and O–H groups in total. The lowest BCUT2D eigenvalue weighted by Crippen LogP contribution is -2.30. The van der Waals surface area contributed by atoms with Crippen molar-refractivity contribution in [1.82, 2.24) is 15.3 Å². The standard InChI is InChI=1S/C13H23N5/c1-9(2)6-12-16-11(14)7-13(17-12)18-5-4-10(8-18)15-3/h7,9-10,15H,4-6,8H2,1-3H3,(H2,14,16,17)/t10-/m1/s1. The molecule has 1 saturated heterocycles. The minimum atomic E-state index is 0.545. The summed E-state index contributed by atoms with van der Waals surface area (Å²) in [6.45, 7) is 6.36. The lowest BCUT2D eigenvalue weighted by molar-refractivity contribution is 0.613. The Morgan fingerprint density at radius 2 is 2.28 bits per heavy atom. The fourth-order valence-corrected chi connectivity index (χ4v) is 2.33. The number of nitrogens with one attached hydrogen (secondary N) is 1. The molecule has 1 fully saturated rings. The molecule has 18 heavy (non-hydrogen) atoms. The second kappa shape index (κ2) is 5.52. The number of rotatable bonds is 4. The maximum Gasteiger partial charge on any atom is 0.134 e. The largest absolute Gasteiger partial charge is 0.384 e. The average molecular weight is 249 g/mol. The van der Waals surface area contributed by atoms with Gasteiger partial charge in [0.15, 0.2) is 0 Å². The van der Waals surface area contributed by atoms with E-state index < -0.39 is 0 Å². The Labute approximate surface area is 109 Å². The summed E-state index contributed by atoms with van der Waals surface area (Å²) in [4.78, 5) is 11.2. The van der Waals surface area contributed by atoms with Crippen LogP contribution < -0.4 is 16.0 Å². The topological polar surface area (TPSA) is 67.1 Å². The molecule has 5 nitrogen and oxygen atoms in total. The molecular weight excluding hydrogens is 226 g/mol. The van der Waals surface area contributed by atoms with Crippen molar-refractivity contribution < 1.29 is 0 Å². The monoisotopic (exact) mass is 249 g/mol. The molecule has 0 aromatic carbocycles. The third kappa shape index (κ3) is 3.10. The van der Waals surface area contributed by atoms with Gasteiger partial charge in [-0.3, -0.25) is 0 Å². The molecule has 0 radical (unpaired) electrons. The highest BCUT2D eigenvalue weighted by atomic mass is 15.2. The number of likely N-dealkylation sites (N-methyl/N-ethyl adjacent to an activating group) is 1. The van der Waals surface area contributed by atoms with E-state index in [4.69, 9.17) is 5.73 Å². The fraction of sp³-hybridized carbons (Fsp3) is 0.692. The van der Waals surface area contributed by atoms with Crippen LogP contribution in [0.3, 0.4) is 0 Å². The zero-order valence-corrected chi connectivity index (χ0v) is 11.5. The van der Waals surface area contributed by atoms with Crippen molar-refractivity contribution in [1.29, 1.82) is 0 Å². The van der Waals surface area contributed by atoms with E-state index in [1.54, 1.807) is 0 Å². The Kier molecular flexibility index (Phi) is 4.01. The third-order valence-corrected chi connectivity index (χ3v) is 3.29. The number of nitrogens with zero attached hydrogens (tertiary/aromatic N) is 3. The highest BCUT2D eigenvalue weighted by molar-refractivity contribution is 5.48. The fourth-order valence-electron chi connectivity index (χ4n) is 2.33. The zero-order chi connectivity index (χ0) is 13.1. The summed E-state index contributed by atoms with van der Waals surface area (Å²) in [6.07, 6.45) is 2.03. The molecule has 0 amide bonds. The van der Waals surface area contributed by atoms with Crippen molar-refractivity contribution in [3.63, 3.8) is 0 Å². The highest BCUT2D eigenvalue weighted by Crippen LogP contribution is 2.20. The van der Waals surface area contributed by atoms with Crippen LogP contribution in [-0.2, 0) is 6.42 Å². The van der Waals surface area contributed by atoms with E-state index in [9.17, 15) is 0 Å². The van der Waals surface area contributed by atoms with Crippen LogP contribution in [0.15, 0.2) is 6.07 Å². The van der Waals surface area contributed by atoms with E-state index in [0.29, 0.717) is 17.8 Å². The molecule has 1 aromatic heterocycles. The third-order valence-electron chi connectivity index (χ3n) is 3.29. The van der Waals surface area contributed by atoms with Gasteiger partial charge in [-0.1, -0.05) is 13.8 Å². The Morgan fingerprint density at radius 3 is 2.89 bits per heavy atom. The molecule has 0 unspecified atom stereocenters. The van der Waals surface area contributed by atoms with Crippen molar-refractivity contribution in [3.8, 4) is 0 Å². The van der Waals surface area contributed by atoms with Gasteiger partial charge in [-0.15, -0.1) is 0 Å². The average Bonchev–Trinajstić information content (AvgIpc) is 2.75. The van der Waals surface area contributed by atoms with Gasteiger partial charge >= 0.3 is 0 Å². The van der Waals surface area contributed by atoms with E-state index in [1.807, 2.05) is 13.1 Å². The van der Waals surface area contributed by atoms with Crippen LogP contribution in [0.2, 0.25) is 0 Å². The molecule has 2 heterocycles. The highest BCUT2D eigenvalue weighted by Gasteiger charge is 2.22. The van der Waals surface area contributed by atoms with Gasteiger partial charge in [-0.05, 0) is 19.4 Å². The number of anilines is 2. The summed E-state index contributed by atoms with van der Waals surface area (Å²) < 4.78 is 0. The predicted molar refractivity (Wildman–Crippen MR) is 74.7 cm³/mol. The first-order valence-corrected chi connectivity index (χ1v) is 6.64. The minimum absolute atomic E-state index is 0.545. The van der Waals surface area contributed by atoms with Crippen LogP contribution in [0.4, 0.5) is 11.6 Å². The molecular formula is C13H23N5. The molecule has 1 aromatic rings. The summed E-state index contributed by atoms with van der Waals surface area (Å²) in [5.41, 5.74) is 5.88. The first-order chi connectivity index (χ1) is 8.58. The zero-order valence-electron chi connectivity index (χ0n) is 11.5. The summed E-state index contributed by atoms with van der Waals surface area (Å²) in [6, 6.07) is 2.43. The van der Waals surface area contributed by atoms with Crippen LogP contribution in [0.25, 0.3) is 0 Å². The van der Waals surface area contributed by atoms with Gasteiger partial charge in [0, 0.05) is 31.6 Å². The Morgan fingerprint density at radius 1 is 1.50 bits per heavy atom. The lowest BCUT2D eigenvalue weighted by Gasteiger charge is -2.18. The number of nitrogen functional groups attached to an aromatic ring is 1. The smallest absolute Gasteiger partial charge is 0.134 e. The summed E-state index contributed by atoms with van der Waals surface area (Å²) >= 11 is 0. The first-order valence-electron chi connectivity index (χ1n) is 6.64. The van der Waals surface area contributed by atoms with Crippen LogP contribution in [0, 0.1) is 5.92 Å². The molecule has 1 aliphatic heterocycles. The minimum Gasteiger partial charge on any atom is -0.384 e. The van der Waals surface area contributed by atoms with Crippen molar-refractivity contribution in [2.75, 3.05) is 30.8 Å². The van der Waals surface area contributed by atoms with Crippen molar-refractivity contribution in [2.24, 2.45) is 5.92 Å². The molecule has 0 aliphatic carbocycles. The van der Waals surface area contributed by atoms with Crippen LogP contribution in [-0.4, -0.2) is 36.1 Å². The number of hydrogen-bond acceptors (Lipinski definition) is 5. The Balaban J connectivity index is 2.15. The molecule has 5 heteroatoms. The van der Waals surface area contributed by atoms with Gasteiger partial charge in [0.1, 0.15) is 17.5 Å². The van der Waals surface area contributed by atoms with Crippen LogP contribution >= 0.6 is 0 Å². The van der Waals surface area contributed by atoms with E-state index in [2.05, 4.69) is 34.0 Å². The molecule has 100 valence electrons. The molecule has 2 rings (SSSR count). The van der Waals surface area contributed by atoms with Crippen molar-refractivity contribution in [2.45, 2.75) is 32.7 Å². The normalized spacial score (nSPS) is 19.8. The molecule has 0 saturated carbocycles. The van der Waals surface area contributed by atoms with E-state index in [0.717, 1.165) is 37.6 Å². The van der Waals surface area contributed by atoms with Crippen molar-refractivity contribution in [3.05, 3.63) is 11.9 Å². The molecule has 1 atom stereocenters. The van der Waals surface area contributed by atoms with Gasteiger partial charge in [-0.2, -0.15) is 0 Å². The molecule has 0 bridgehead atoms. The Bertz CT molecular complexity index is 404. The van der Waals surface area contributed by atoms with Gasteiger partial charge < -0.3 is 16.0 Å². The second-order valence-corrected chi connectivity index (χ2v) is 5.39. The van der Waals surface area contributed by atoms with Gasteiger partial charge in [-0.25, -0.2) is 9.97 Å². The van der Waals surface area contributed by atoms with Crippen molar-refractivity contribution >= 4 is 11.6 Å². The van der Waals surface area contributed by atoms with Crippen LogP contribution in [0.5, 0.6) is 0 Å². The molecule has 0 spiro atoms. The van der Waals surface area contributed by atoms with Gasteiger partial charge in [0.25, 0.3) is 0 Å². The maximum atomic E-state index is 5.88. The summed E-state index contributed by atoms with van der Waals surface area (Å²) in [5, 5.41) is 3.31. The number of nitrogens with two attached hydrogens (primary N) is 1. The van der Waals surface area contributed by atoms with Crippen LogP contribution in [0.1, 0.15) is 26.1 Å². The number of aromatic nitrogens is 2. The lowest BCUT2D eigenvalue weighted by atomic mass is 10.1. The van der Waals surface area contributed by atoms with E-state index >= 15 is 0 Å². The number of hydrogen-bond donors (Lipinski definition) is 2. The predicted octanol–water partition coefficient (Wildman–Crippen LogP) is 1.06. The SMILES string of the molecule is CN[C@@H]1CCN(c2cc(N)nc(CC(C)C)n2)C1. The quantitative estimate of drug-likeness (QED) is 0.835. The molecule has 1 aliphatic rings. The second-order valence-electron chi connectivity index (χ2n) is 5.39. The van der Waals surface area contributed by atoms with E-state index in [-0.39, 0.29) is 0 Å². The summed E-state index contributed by atoms with van der Waals surface area (Å²) in [5.74, 6) is 2.94. The van der Waals surface area contributed by atoms with E-state index in [1.165, 1.54) is 0 Å². The van der Waals surface area contributed by atoms with Gasteiger partial charge in [0.05, 0.1) is 0 Å². The first kappa shape index (κ1) is 13.1. The maximum absolute atomic E-state index is 5.88. The van der Waals surface area contributed by atoms with Gasteiger partial charge in [0.2, 0.25) is 0 Å².